The molecule has 0 spiro atoms. The van der Waals surface area contributed by atoms with Crippen molar-refractivity contribution in [3.05, 3.63) is 72.6 Å². The molecule has 1 aromatic heterocycles. The Morgan fingerprint density at radius 2 is 1.70 bits per heavy atom. The summed E-state index contributed by atoms with van der Waals surface area (Å²) in [5.74, 6) is 0.186. The van der Waals surface area contributed by atoms with Crippen LogP contribution >= 0.6 is 0 Å². The van der Waals surface area contributed by atoms with Gasteiger partial charge in [0.2, 0.25) is 11.8 Å². The summed E-state index contributed by atoms with van der Waals surface area (Å²) in [6.45, 7) is 1.42. The van der Waals surface area contributed by atoms with Gasteiger partial charge in [0.05, 0.1) is 19.2 Å². The van der Waals surface area contributed by atoms with Crippen LogP contribution in [0.15, 0.2) is 67.0 Å². The SMILES string of the molecule is COc1ccc(NC(=O)Cc2ccc(-n3cccc3)cc2)cc1NC(C)=O. The van der Waals surface area contributed by atoms with Crippen LogP contribution in [0.25, 0.3) is 5.69 Å². The largest absolute Gasteiger partial charge is 0.495 e. The molecule has 0 bridgehead atoms. The molecule has 0 aliphatic rings. The number of benzene rings is 2. The van der Waals surface area contributed by atoms with Crippen LogP contribution in [0, 0.1) is 0 Å². The van der Waals surface area contributed by atoms with E-state index in [4.69, 9.17) is 4.74 Å². The highest BCUT2D eigenvalue weighted by Crippen LogP contribution is 2.28. The van der Waals surface area contributed by atoms with E-state index in [9.17, 15) is 9.59 Å². The second-order valence-electron chi connectivity index (χ2n) is 6.08. The molecule has 0 atom stereocenters. The highest BCUT2D eigenvalue weighted by Gasteiger charge is 2.09. The fraction of sp³-hybridized carbons (Fsp3) is 0.143. The maximum Gasteiger partial charge on any atom is 0.228 e. The van der Waals surface area contributed by atoms with Crippen molar-refractivity contribution >= 4 is 23.2 Å². The molecule has 0 fully saturated rings. The number of hydrogen-bond acceptors (Lipinski definition) is 3. The third kappa shape index (κ3) is 4.76. The van der Waals surface area contributed by atoms with Gasteiger partial charge in [-0.15, -0.1) is 0 Å². The maximum absolute atomic E-state index is 12.3. The van der Waals surface area contributed by atoms with E-state index in [1.54, 1.807) is 18.2 Å². The average Bonchev–Trinajstić information content (AvgIpc) is 3.17. The lowest BCUT2D eigenvalue weighted by Gasteiger charge is -2.12. The van der Waals surface area contributed by atoms with E-state index in [-0.39, 0.29) is 18.2 Å². The quantitative estimate of drug-likeness (QED) is 0.702. The Morgan fingerprint density at radius 3 is 2.33 bits per heavy atom. The number of nitrogens with one attached hydrogen (secondary N) is 2. The predicted octanol–water partition coefficient (Wildman–Crippen LogP) is 3.63. The van der Waals surface area contributed by atoms with Gasteiger partial charge in [0, 0.05) is 30.7 Å². The van der Waals surface area contributed by atoms with E-state index < -0.39 is 0 Å². The van der Waals surface area contributed by atoms with Crippen LogP contribution in [0.5, 0.6) is 5.75 Å². The van der Waals surface area contributed by atoms with Crippen molar-refractivity contribution in [3.8, 4) is 11.4 Å². The molecular weight excluding hydrogens is 342 g/mol. The summed E-state index contributed by atoms with van der Waals surface area (Å²) in [5, 5.41) is 5.54. The Labute approximate surface area is 157 Å². The zero-order valence-corrected chi connectivity index (χ0v) is 15.2. The zero-order chi connectivity index (χ0) is 19.2. The summed E-state index contributed by atoms with van der Waals surface area (Å²) in [4.78, 5) is 23.7. The first kappa shape index (κ1) is 18.3. The Morgan fingerprint density at radius 1 is 1.00 bits per heavy atom. The van der Waals surface area contributed by atoms with Crippen molar-refractivity contribution in [3.63, 3.8) is 0 Å². The van der Waals surface area contributed by atoms with Crippen molar-refractivity contribution in [1.82, 2.24) is 4.57 Å². The highest BCUT2D eigenvalue weighted by atomic mass is 16.5. The van der Waals surface area contributed by atoms with Crippen LogP contribution in [0.1, 0.15) is 12.5 Å². The summed E-state index contributed by atoms with van der Waals surface area (Å²) < 4.78 is 7.22. The molecule has 0 unspecified atom stereocenters. The Bertz CT molecular complexity index is 932. The molecule has 2 amide bonds. The molecule has 27 heavy (non-hydrogen) atoms. The summed E-state index contributed by atoms with van der Waals surface area (Å²) in [7, 11) is 1.52. The molecular formula is C21H21N3O3. The zero-order valence-electron chi connectivity index (χ0n) is 15.2. The van der Waals surface area contributed by atoms with Crippen LogP contribution in [0.2, 0.25) is 0 Å². The third-order valence-electron chi connectivity index (χ3n) is 4.00. The highest BCUT2D eigenvalue weighted by molar-refractivity contribution is 5.95. The van der Waals surface area contributed by atoms with E-state index >= 15 is 0 Å². The van der Waals surface area contributed by atoms with Gasteiger partial charge in [-0.2, -0.15) is 0 Å². The predicted molar refractivity (Wildman–Crippen MR) is 105 cm³/mol. The Balaban J connectivity index is 1.66. The normalized spacial score (nSPS) is 10.3. The first-order chi connectivity index (χ1) is 13.0. The van der Waals surface area contributed by atoms with E-state index in [0.29, 0.717) is 17.1 Å². The smallest absolute Gasteiger partial charge is 0.228 e. The number of rotatable bonds is 6. The molecule has 3 rings (SSSR count). The summed E-state index contributed by atoms with van der Waals surface area (Å²) in [6.07, 6.45) is 4.20. The number of carbonyl (C=O) groups excluding carboxylic acids is 2. The molecule has 0 saturated heterocycles. The van der Waals surface area contributed by atoms with Gasteiger partial charge >= 0.3 is 0 Å². The summed E-state index contributed by atoms with van der Waals surface area (Å²) in [6, 6.07) is 16.9. The van der Waals surface area contributed by atoms with Gasteiger partial charge in [-0.25, -0.2) is 0 Å². The van der Waals surface area contributed by atoms with E-state index in [1.165, 1.54) is 14.0 Å². The number of carbonyl (C=O) groups is 2. The first-order valence-electron chi connectivity index (χ1n) is 8.53. The van der Waals surface area contributed by atoms with Crippen molar-refractivity contribution in [2.24, 2.45) is 0 Å². The number of ether oxygens (including phenoxy) is 1. The fourth-order valence-corrected chi connectivity index (χ4v) is 2.76. The minimum Gasteiger partial charge on any atom is -0.495 e. The van der Waals surface area contributed by atoms with Crippen LogP contribution in [-0.4, -0.2) is 23.5 Å². The van der Waals surface area contributed by atoms with Gasteiger partial charge in [-0.05, 0) is 48.0 Å². The van der Waals surface area contributed by atoms with Crippen LogP contribution in [0.4, 0.5) is 11.4 Å². The molecule has 6 heteroatoms. The number of amides is 2. The first-order valence-corrected chi connectivity index (χ1v) is 8.53. The lowest BCUT2D eigenvalue weighted by molar-refractivity contribution is -0.115. The van der Waals surface area contributed by atoms with Crippen molar-refractivity contribution in [2.45, 2.75) is 13.3 Å². The van der Waals surface area contributed by atoms with E-state index in [2.05, 4.69) is 10.6 Å². The number of anilines is 2. The Kier molecular flexibility index (Phi) is 5.56. The summed E-state index contributed by atoms with van der Waals surface area (Å²) in [5.41, 5.74) is 3.06. The summed E-state index contributed by atoms with van der Waals surface area (Å²) >= 11 is 0. The number of hydrogen-bond donors (Lipinski definition) is 2. The average molecular weight is 363 g/mol. The van der Waals surface area contributed by atoms with E-state index in [1.807, 2.05) is 53.4 Å². The van der Waals surface area contributed by atoms with Crippen molar-refractivity contribution in [2.75, 3.05) is 17.7 Å². The number of nitrogens with zero attached hydrogens (tertiary/aromatic N) is 1. The molecule has 6 nitrogen and oxygen atoms in total. The van der Waals surface area contributed by atoms with Gasteiger partial charge in [-0.3, -0.25) is 9.59 Å². The molecule has 0 radical (unpaired) electrons. The molecule has 0 aliphatic heterocycles. The molecule has 1 heterocycles. The lowest BCUT2D eigenvalue weighted by atomic mass is 10.1. The van der Waals surface area contributed by atoms with Gasteiger partial charge in [0.1, 0.15) is 5.75 Å². The van der Waals surface area contributed by atoms with Gasteiger partial charge in [0.15, 0.2) is 0 Å². The second-order valence-corrected chi connectivity index (χ2v) is 6.08. The molecule has 0 aliphatic carbocycles. The molecule has 138 valence electrons. The van der Waals surface area contributed by atoms with Crippen LogP contribution in [0.3, 0.4) is 0 Å². The van der Waals surface area contributed by atoms with Gasteiger partial charge in [0.25, 0.3) is 0 Å². The van der Waals surface area contributed by atoms with Crippen LogP contribution in [-0.2, 0) is 16.0 Å². The molecule has 2 N–H and O–H groups in total. The molecule has 2 aromatic carbocycles. The fourth-order valence-electron chi connectivity index (χ4n) is 2.76. The maximum atomic E-state index is 12.3. The minimum atomic E-state index is -0.209. The van der Waals surface area contributed by atoms with Crippen LogP contribution < -0.4 is 15.4 Å². The van der Waals surface area contributed by atoms with Gasteiger partial charge in [-0.1, -0.05) is 12.1 Å². The topological polar surface area (TPSA) is 72.4 Å². The van der Waals surface area contributed by atoms with Gasteiger partial charge < -0.3 is 19.9 Å². The second kappa shape index (κ2) is 8.23. The number of aromatic nitrogens is 1. The minimum absolute atomic E-state index is 0.136. The van der Waals surface area contributed by atoms with E-state index in [0.717, 1.165) is 11.3 Å². The van der Waals surface area contributed by atoms with Crippen molar-refractivity contribution in [1.29, 1.82) is 0 Å². The molecule has 0 saturated carbocycles. The molecule has 3 aromatic rings. The van der Waals surface area contributed by atoms with Crippen molar-refractivity contribution < 1.29 is 14.3 Å². The Hall–Kier alpha value is -3.54. The number of methoxy groups -OCH3 is 1. The third-order valence-corrected chi connectivity index (χ3v) is 4.00. The lowest BCUT2D eigenvalue weighted by Crippen LogP contribution is -2.15. The standard InChI is InChI=1S/C21H21N3O3/c1-15(25)22-19-14-17(7-10-20(19)27-2)23-21(26)13-16-5-8-18(9-6-16)24-11-3-4-12-24/h3-12,14H,13H2,1-2H3,(H,22,25)(H,23,26). The monoisotopic (exact) mass is 363 g/mol.